The van der Waals surface area contributed by atoms with Gasteiger partial charge in [-0.05, 0) is 57.6 Å². The molecule has 2 unspecified atom stereocenters. The number of ether oxygens (including phenoxy) is 1. The molecule has 0 spiro atoms. The molecule has 4 aromatic carbocycles. The van der Waals surface area contributed by atoms with Crippen LogP contribution in [0.2, 0.25) is 0 Å². The van der Waals surface area contributed by atoms with Crippen LogP contribution in [0.4, 0.5) is 4.79 Å². The Labute approximate surface area is 198 Å². The predicted octanol–water partition coefficient (Wildman–Crippen LogP) is 6.27. The number of phenols is 1. The first-order valence-corrected chi connectivity index (χ1v) is 11.5. The van der Waals surface area contributed by atoms with Crippen LogP contribution < -0.4 is 0 Å². The molecule has 2 N–H and O–H groups in total. The molecule has 0 aliphatic carbocycles. The number of rotatable bonds is 5. The molecule has 5 nitrogen and oxygen atoms in total. The number of likely N-dealkylation sites (tertiary alicyclic amines) is 1. The molecule has 0 bridgehead atoms. The maximum absolute atomic E-state index is 11.7. The van der Waals surface area contributed by atoms with Crippen molar-refractivity contribution in [1.29, 1.82) is 0 Å². The molecule has 4 aromatic rings. The molecule has 0 saturated carbocycles. The molecule has 5 heteroatoms. The quantitative estimate of drug-likeness (QED) is 0.374. The Hall–Kier alpha value is -3.83. The topological polar surface area (TPSA) is 70.0 Å². The van der Waals surface area contributed by atoms with Crippen molar-refractivity contribution in [3.63, 3.8) is 0 Å². The fourth-order valence-corrected chi connectivity index (χ4v) is 4.81. The maximum atomic E-state index is 11.7. The lowest BCUT2D eigenvalue weighted by Crippen LogP contribution is -2.46. The lowest BCUT2D eigenvalue weighted by molar-refractivity contribution is -0.0199. The van der Waals surface area contributed by atoms with E-state index in [1.807, 2.05) is 36.4 Å². The molecule has 1 amide bonds. The van der Waals surface area contributed by atoms with Crippen LogP contribution in [0.3, 0.4) is 0 Å². The number of hydrogen-bond donors (Lipinski definition) is 2. The first-order chi connectivity index (χ1) is 16.6. The van der Waals surface area contributed by atoms with Crippen LogP contribution in [0.5, 0.6) is 5.75 Å². The summed E-state index contributed by atoms with van der Waals surface area (Å²) in [5.74, 6) is 0.308. The lowest BCUT2D eigenvalue weighted by Gasteiger charge is -2.37. The van der Waals surface area contributed by atoms with E-state index in [9.17, 15) is 15.0 Å². The number of piperidine rings is 1. The number of benzene rings is 4. The number of fused-ring (bicyclic) bond motifs is 1. The average Bonchev–Trinajstić information content (AvgIpc) is 2.87. The standard InChI is InChI=1S/C29H27NO4/c31-26-10-4-8-24(17-26)23-7-3-9-25(16-23)27-13-14-30(29(32)33)18-28(27)34-19-20-11-12-21-5-1-2-6-22(21)15-20/h1-12,15-17,27-28,31H,13-14,18-19H2,(H,32,33). The van der Waals surface area contributed by atoms with Crippen LogP contribution in [0.15, 0.2) is 91.0 Å². The largest absolute Gasteiger partial charge is 0.508 e. The number of amides is 1. The van der Waals surface area contributed by atoms with E-state index in [4.69, 9.17) is 4.74 Å². The van der Waals surface area contributed by atoms with E-state index in [0.29, 0.717) is 26.1 Å². The van der Waals surface area contributed by atoms with E-state index >= 15 is 0 Å². The third-order valence-electron chi connectivity index (χ3n) is 6.60. The van der Waals surface area contributed by atoms with Crippen LogP contribution in [0, 0.1) is 0 Å². The lowest BCUT2D eigenvalue weighted by atomic mass is 9.85. The summed E-state index contributed by atoms with van der Waals surface area (Å²) in [7, 11) is 0. The highest BCUT2D eigenvalue weighted by molar-refractivity contribution is 5.83. The zero-order valence-corrected chi connectivity index (χ0v) is 18.8. The molecule has 34 heavy (non-hydrogen) atoms. The number of phenolic OH excluding ortho intramolecular Hbond substituents is 1. The highest BCUT2D eigenvalue weighted by Crippen LogP contribution is 2.34. The van der Waals surface area contributed by atoms with Crippen LogP contribution >= 0.6 is 0 Å². The number of aromatic hydroxyl groups is 1. The third kappa shape index (κ3) is 4.75. The number of nitrogens with zero attached hydrogens (tertiary/aromatic N) is 1. The SMILES string of the molecule is O=C(O)N1CCC(c2cccc(-c3cccc(O)c3)c2)C(OCc2ccc3ccccc3c2)C1. The Morgan fingerprint density at radius 2 is 1.65 bits per heavy atom. The fourth-order valence-electron chi connectivity index (χ4n) is 4.81. The molecule has 2 atom stereocenters. The maximum Gasteiger partial charge on any atom is 0.407 e. The van der Waals surface area contributed by atoms with Gasteiger partial charge in [0, 0.05) is 12.5 Å². The second-order valence-electron chi connectivity index (χ2n) is 8.83. The highest BCUT2D eigenvalue weighted by Gasteiger charge is 2.33. The summed E-state index contributed by atoms with van der Waals surface area (Å²) in [5, 5.41) is 21.8. The number of carbonyl (C=O) groups is 1. The van der Waals surface area contributed by atoms with Gasteiger partial charge in [-0.2, -0.15) is 0 Å². The molecule has 1 heterocycles. The van der Waals surface area contributed by atoms with Gasteiger partial charge in [0.05, 0.1) is 19.3 Å². The van der Waals surface area contributed by atoms with Gasteiger partial charge >= 0.3 is 6.09 Å². The first kappa shape index (κ1) is 22.0. The Balaban J connectivity index is 1.39. The summed E-state index contributed by atoms with van der Waals surface area (Å²) in [6.07, 6.45) is -0.472. The van der Waals surface area contributed by atoms with Gasteiger partial charge in [-0.15, -0.1) is 0 Å². The van der Waals surface area contributed by atoms with E-state index in [1.54, 1.807) is 12.1 Å². The molecule has 1 aliphatic rings. The monoisotopic (exact) mass is 453 g/mol. The Morgan fingerprint density at radius 1 is 0.882 bits per heavy atom. The summed E-state index contributed by atoms with van der Waals surface area (Å²) < 4.78 is 6.39. The second-order valence-corrected chi connectivity index (χ2v) is 8.83. The van der Waals surface area contributed by atoms with Gasteiger partial charge in [-0.25, -0.2) is 4.79 Å². The Bertz CT molecular complexity index is 1320. The molecule has 0 radical (unpaired) electrons. The second kappa shape index (κ2) is 9.57. The van der Waals surface area contributed by atoms with E-state index in [1.165, 1.54) is 10.3 Å². The molecule has 5 rings (SSSR count). The van der Waals surface area contributed by atoms with Gasteiger partial charge in [-0.3, -0.25) is 0 Å². The van der Waals surface area contributed by atoms with Crippen LogP contribution in [0.1, 0.15) is 23.5 Å². The molecule has 1 saturated heterocycles. The minimum absolute atomic E-state index is 0.0771. The van der Waals surface area contributed by atoms with Crippen LogP contribution in [0.25, 0.3) is 21.9 Å². The zero-order chi connectivity index (χ0) is 23.5. The molecule has 172 valence electrons. The molecule has 1 fully saturated rings. The van der Waals surface area contributed by atoms with Crippen molar-refractivity contribution in [2.45, 2.75) is 25.0 Å². The van der Waals surface area contributed by atoms with Gasteiger partial charge in [0.15, 0.2) is 0 Å². The summed E-state index contributed by atoms with van der Waals surface area (Å²) in [5.41, 5.74) is 4.15. The van der Waals surface area contributed by atoms with E-state index in [2.05, 4.69) is 42.5 Å². The minimum Gasteiger partial charge on any atom is -0.508 e. The Morgan fingerprint density at radius 3 is 2.44 bits per heavy atom. The summed E-state index contributed by atoms with van der Waals surface area (Å²) >= 11 is 0. The molecule has 1 aliphatic heterocycles. The van der Waals surface area contributed by atoms with Gasteiger partial charge < -0.3 is 19.8 Å². The number of carboxylic acid groups (broad SMARTS) is 1. The number of hydrogen-bond acceptors (Lipinski definition) is 3. The van der Waals surface area contributed by atoms with E-state index < -0.39 is 6.09 Å². The van der Waals surface area contributed by atoms with Crippen molar-refractivity contribution in [1.82, 2.24) is 4.90 Å². The van der Waals surface area contributed by atoms with Gasteiger partial charge in [-0.1, -0.05) is 72.8 Å². The van der Waals surface area contributed by atoms with Crippen molar-refractivity contribution in [2.75, 3.05) is 13.1 Å². The summed E-state index contributed by atoms with van der Waals surface area (Å²) in [6.45, 7) is 1.24. The highest BCUT2D eigenvalue weighted by atomic mass is 16.5. The van der Waals surface area contributed by atoms with Crippen molar-refractivity contribution < 1.29 is 19.7 Å². The summed E-state index contributed by atoms with van der Waals surface area (Å²) in [4.78, 5) is 13.1. The van der Waals surface area contributed by atoms with E-state index in [0.717, 1.165) is 27.6 Å². The smallest absolute Gasteiger partial charge is 0.407 e. The van der Waals surface area contributed by atoms with E-state index in [-0.39, 0.29) is 17.8 Å². The fraction of sp³-hybridized carbons (Fsp3) is 0.207. The molecular weight excluding hydrogens is 426 g/mol. The zero-order valence-electron chi connectivity index (χ0n) is 18.8. The van der Waals surface area contributed by atoms with Crippen LogP contribution in [-0.2, 0) is 11.3 Å². The van der Waals surface area contributed by atoms with Crippen molar-refractivity contribution in [2.24, 2.45) is 0 Å². The average molecular weight is 454 g/mol. The normalized spacial score (nSPS) is 18.2. The van der Waals surface area contributed by atoms with Crippen molar-refractivity contribution >= 4 is 16.9 Å². The molecule has 0 aromatic heterocycles. The van der Waals surface area contributed by atoms with Crippen molar-refractivity contribution in [3.05, 3.63) is 102 Å². The van der Waals surface area contributed by atoms with Gasteiger partial charge in [0.25, 0.3) is 0 Å². The van der Waals surface area contributed by atoms with Crippen LogP contribution in [-0.4, -0.2) is 40.4 Å². The molecular formula is C29H27NO4. The van der Waals surface area contributed by atoms with Gasteiger partial charge in [0.2, 0.25) is 0 Å². The van der Waals surface area contributed by atoms with Crippen molar-refractivity contribution in [3.8, 4) is 16.9 Å². The summed E-state index contributed by atoms with van der Waals surface area (Å²) in [6, 6.07) is 30.0. The third-order valence-corrected chi connectivity index (χ3v) is 6.60. The first-order valence-electron chi connectivity index (χ1n) is 11.5. The van der Waals surface area contributed by atoms with Gasteiger partial charge in [0.1, 0.15) is 5.75 Å². The Kier molecular flexibility index (Phi) is 6.19. The predicted molar refractivity (Wildman–Crippen MR) is 133 cm³/mol. The minimum atomic E-state index is -0.911.